The van der Waals surface area contributed by atoms with E-state index in [2.05, 4.69) is 10.6 Å². The van der Waals surface area contributed by atoms with Gasteiger partial charge < -0.3 is 20.3 Å². The SMILES string of the molecule is COc1ccc(Cl)cc1NC(=O)C(C)Nc1ccc(N2CCCC2=O)cc1. The fourth-order valence-corrected chi connectivity index (χ4v) is 3.17. The molecule has 3 rings (SSSR count). The highest BCUT2D eigenvalue weighted by molar-refractivity contribution is 6.31. The number of halogens is 1. The number of anilines is 3. The van der Waals surface area contributed by atoms with E-state index in [9.17, 15) is 9.59 Å². The van der Waals surface area contributed by atoms with Gasteiger partial charge in [0.1, 0.15) is 11.8 Å². The predicted octanol–water partition coefficient (Wildman–Crippen LogP) is 3.91. The van der Waals surface area contributed by atoms with Crippen LogP contribution < -0.4 is 20.3 Å². The monoisotopic (exact) mass is 387 g/mol. The number of amides is 2. The van der Waals surface area contributed by atoms with E-state index in [0.717, 1.165) is 24.3 Å². The summed E-state index contributed by atoms with van der Waals surface area (Å²) in [5.74, 6) is 0.480. The number of carbonyl (C=O) groups excluding carboxylic acids is 2. The zero-order chi connectivity index (χ0) is 19.4. The lowest BCUT2D eigenvalue weighted by atomic mass is 10.2. The Morgan fingerprint density at radius 2 is 1.96 bits per heavy atom. The molecule has 7 heteroatoms. The molecule has 2 aromatic carbocycles. The summed E-state index contributed by atoms with van der Waals surface area (Å²) >= 11 is 6.00. The lowest BCUT2D eigenvalue weighted by Gasteiger charge is -2.19. The van der Waals surface area contributed by atoms with Gasteiger partial charge in [0, 0.05) is 29.4 Å². The summed E-state index contributed by atoms with van der Waals surface area (Å²) in [5.41, 5.74) is 2.20. The first kappa shape index (κ1) is 19.0. The molecule has 0 bridgehead atoms. The van der Waals surface area contributed by atoms with Crippen molar-refractivity contribution in [2.75, 3.05) is 29.2 Å². The van der Waals surface area contributed by atoms with Crippen LogP contribution in [-0.2, 0) is 9.59 Å². The number of nitrogens with zero attached hydrogens (tertiary/aromatic N) is 1. The van der Waals surface area contributed by atoms with Gasteiger partial charge in [-0.3, -0.25) is 9.59 Å². The summed E-state index contributed by atoms with van der Waals surface area (Å²) in [6.45, 7) is 2.52. The first-order valence-corrected chi connectivity index (χ1v) is 9.17. The van der Waals surface area contributed by atoms with Crippen molar-refractivity contribution < 1.29 is 14.3 Å². The molecule has 6 nitrogen and oxygen atoms in total. The first-order chi connectivity index (χ1) is 13.0. The highest BCUT2D eigenvalue weighted by Crippen LogP contribution is 2.28. The van der Waals surface area contributed by atoms with E-state index in [1.807, 2.05) is 24.3 Å². The number of carbonyl (C=O) groups is 2. The molecule has 0 aliphatic carbocycles. The van der Waals surface area contributed by atoms with E-state index in [0.29, 0.717) is 22.9 Å². The van der Waals surface area contributed by atoms with Gasteiger partial charge in [0.15, 0.2) is 0 Å². The molecular formula is C20H22ClN3O3. The third kappa shape index (κ3) is 4.52. The molecule has 1 aliphatic rings. The van der Waals surface area contributed by atoms with Gasteiger partial charge in [-0.2, -0.15) is 0 Å². The maximum absolute atomic E-state index is 12.5. The van der Waals surface area contributed by atoms with Crippen molar-refractivity contribution in [1.82, 2.24) is 0 Å². The second-order valence-corrected chi connectivity index (χ2v) is 6.83. The quantitative estimate of drug-likeness (QED) is 0.788. The molecule has 2 amide bonds. The van der Waals surface area contributed by atoms with Crippen LogP contribution in [0.1, 0.15) is 19.8 Å². The van der Waals surface area contributed by atoms with Crippen LogP contribution in [0, 0.1) is 0 Å². The van der Waals surface area contributed by atoms with Gasteiger partial charge in [-0.1, -0.05) is 11.6 Å². The minimum absolute atomic E-state index is 0.152. The Labute approximate surface area is 163 Å². The van der Waals surface area contributed by atoms with Gasteiger partial charge in [0.25, 0.3) is 0 Å². The molecule has 1 unspecified atom stereocenters. The molecule has 2 N–H and O–H groups in total. The van der Waals surface area contributed by atoms with Crippen molar-refractivity contribution in [3.8, 4) is 5.75 Å². The summed E-state index contributed by atoms with van der Waals surface area (Å²) in [5, 5.41) is 6.49. The molecule has 1 atom stereocenters. The van der Waals surface area contributed by atoms with Crippen LogP contribution in [0.15, 0.2) is 42.5 Å². The first-order valence-electron chi connectivity index (χ1n) is 8.79. The molecule has 0 spiro atoms. The maximum Gasteiger partial charge on any atom is 0.246 e. The van der Waals surface area contributed by atoms with Crippen LogP contribution in [0.2, 0.25) is 5.02 Å². The number of hydrogen-bond donors (Lipinski definition) is 2. The zero-order valence-electron chi connectivity index (χ0n) is 15.3. The Kier molecular flexibility index (Phi) is 5.86. The van der Waals surface area contributed by atoms with Crippen LogP contribution in [0.4, 0.5) is 17.1 Å². The summed E-state index contributed by atoms with van der Waals surface area (Å²) in [6, 6.07) is 12.1. The lowest BCUT2D eigenvalue weighted by Crippen LogP contribution is -2.32. The van der Waals surface area contributed by atoms with Gasteiger partial charge in [-0.25, -0.2) is 0 Å². The third-order valence-electron chi connectivity index (χ3n) is 4.45. The Hall–Kier alpha value is -2.73. The van der Waals surface area contributed by atoms with Crippen molar-refractivity contribution in [2.45, 2.75) is 25.8 Å². The highest BCUT2D eigenvalue weighted by Gasteiger charge is 2.21. The molecule has 1 fully saturated rings. The number of ether oxygens (including phenoxy) is 1. The standard InChI is InChI=1S/C20H22ClN3O3/c1-13(20(26)23-17-12-14(21)5-10-18(17)27-2)22-15-6-8-16(9-7-15)24-11-3-4-19(24)25/h5-10,12-13,22H,3-4,11H2,1-2H3,(H,23,26). The van der Waals surface area contributed by atoms with Gasteiger partial charge in [-0.15, -0.1) is 0 Å². The Bertz CT molecular complexity index is 839. The Balaban J connectivity index is 1.63. The normalized spacial score (nSPS) is 14.8. The van der Waals surface area contributed by atoms with Gasteiger partial charge in [0.2, 0.25) is 11.8 Å². The number of benzene rings is 2. The molecule has 27 heavy (non-hydrogen) atoms. The maximum atomic E-state index is 12.5. The molecule has 0 aromatic heterocycles. The van der Waals surface area contributed by atoms with E-state index in [1.165, 1.54) is 7.11 Å². The summed E-state index contributed by atoms with van der Waals surface area (Å²) in [6.07, 6.45) is 1.49. The molecule has 0 radical (unpaired) electrons. The predicted molar refractivity (Wildman–Crippen MR) is 108 cm³/mol. The van der Waals surface area contributed by atoms with Crippen LogP contribution in [0.3, 0.4) is 0 Å². The average molecular weight is 388 g/mol. The van der Waals surface area contributed by atoms with E-state index >= 15 is 0 Å². The largest absolute Gasteiger partial charge is 0.495 e. The van der Waals surface area contributed by atoms with Crippen molar-refractivity contribution >= 4 is 40.5 Å². The second-order valence-electron chi connectivity index (χ2n) is 6.40. The van der Waals surface area contributed by atoms with E-state index in [1.54, 1.807) is 30.0 Å². The minimum atomic E-state index is -0.479. The Morgan fingerprint density at radius 3 is 2.59 bits per heavy atom. The van der Waals surface area contributed by atoms with Crippen LogP contribution >= 0.6 is 11.6 Å². The minimum Gasteiger partial charge on any atom is -0.495 e. The zero-order valence-corrected chi connectivity index (χ0v) is 16.0. The molecule has 1 heterocycles. The molecule has 0 saturated carbocycles. The summed E-state index contributed by atoms with van der Waals surface area (Å²) < 4.78 is 5.24. The van der Waals surface area contributed by atoms with Crippen molar-refractivity contribution in [3.63, 3.8) is 0 Å². The number of rotatable bonds is 6. The van der Waals surface area contributed by atoms with E-state index in [-0.39, 0.29) is 11.8 Å². The van der Waals surface area contributed by atoms with Crippen molar-refractivity contribution in [1.29, 1.82) is 0 Å². The average Bonchev–Trinajstić information content (AvgIpc) is 3.08. The molecule has 142 valence electrons. The molecular weight excluding hydrogens is 366 g/mol. The second kappa shape index (κ2) is 8.31. The number of nitrogens with one attached hydrogen (secondary N) is 2. The van der Waals surface area contributed by atoms with Crippen LogP contribution in [-0.4, -0.2) is 31.5 Å². The van der Waals surface area contributed by atoms with Crippen LogP contribution in [0.25, 0.3) is 0 Å². The number of methoxy groups -OCH3 is 1. The fourth-order valence-electron chi connectivity index (χ4n) is 2.99. The molecule has 1 aliphatic heterocycles. The van der Waals surface area contributed by atoms with E-state index < -0.39 is 6.04 Å². The van der Waals surface area contributed by atoms with Gasteiger partial charge in [0.05, 0.1) is 12.8 Å². The molecule has 1 saturated heterocycles. The van der Waals surface area contributed by atoms with Crippen LogP contribution in [0.5, 0.6) is 5.75 Å². The fraction of sp³-hybridized carbons (Fsp3) is 0.300. The number of hydrogen-bond acceptors (Lipinski definition) is 4. The van der Waals surface area contributed by atoms with Crippen molar-refractivity contribution in [2.24, 2.45) is 0 Å². The summed E-state index contributed by atoms with van der Waals surface area (Å²) in [4.78, 5) is 26.1. The smallest absolute Gasteiger partial charge is 0.246 e. The highest BCUT2D eigenvalue weighted by atomic mass is 35.5. The summed E-state index contributed by atoms with van der Waals surface area (Å²) in [7, 11) is 1.53. The van der Waals surface area contributed by atoms with E-state index in [4.69, 9.17) is 16.3 Å². The van der Waals surface area contributed by atoms with Gasteiger partial charge >= 0.3 is 0 Å². The lowest BCUT2D eigenvalue weighted by molar-refractivity contribution is -0.117. The Morgan fingerprint density at radius 1 is 1.22 bits per heavy atom. The molecule has 2 aromatic rings. The van der Waals surface area contributed by atoms with Crippen molar-refractivity contribution in [3.05, 3.63) is 47.5 Å². The topological polar surface area (TPSA) is 70.7 Å². The third-order valence-corrected chi connectivity index (χ3v) is 4.68. The van der Waals surface area contributed by atoms with Gasteiger partial charge in [-0.05, 0) is 55.8 Å².